The van der Waals surface area contributed by atoms with Gasteiger partial charge in [0.1, 0.15) is 5.82 Å². The van der Waals surface area contributed by atoms with Crippen LogP contribution < -0.4 is 17.0 Å². The first kappa shape index (κ1) is 13.5. The van der Waals surface area contributed by atoms with Crippen LogP contribution in [0.1, 0.15) is 24.1 Å². The molecule has 0 radical (unpaired) electrons. The molecule has 1 atom stereocenters. The molecule has 2 rings (SSSR count). The highest BCUT2D eigenvalue weighted by Crippen LogP contribution is 2.24. The number of nitrogens with zero attached hydrogens (tertiary/aromatic N) is 2. The molecule has 0 aliphatic rings. The zero-order valence-electron chi connectivity index (χ0n) is 10.8. The zero-order chi connectivity index (χ0) is 13.8. The predicted octanol–water partition coefficient (Wildman–Crippen LogP) is 1.37. The topological polar surface area (TPSA) is 81.9 Å². The van der Waals surface area contributed by atoms with Crippen LogP contribution in [0.25, 0.3) is 0 Å². The van der Waals surface area contributed by atoms with Gasteiger partial charge in [0.15, 0.2) is 0 Å². The fourth-order valence-electron chi connectivity index (χ4n) is 2.03. The number of hydrogen-bond donors (Lipinski definition) is 3. The summed E-state index contributed by atoms with van der Waals surface area (Å²) < 4.78 is 15.1. The smallest absolute Gasteiger partial charge is 0.123 e. The lowest BCUT2D eigenvalue weighted by Crippen LogP contribution is -2.30. The van der Waals surface area contributed by atoms with Crippen LogP contribution in [0.15, 0.2) is 30.6 Å². The summed E-state index contributed by atoms with van der Waals surface area (Å²) in [5.74, 6) is 5.23. The maximum absolute atomic E-state index is 13.3. The molecule has 0 spiro atoms. The molecule has 6 heteroatoms. The normalized spacial score (nSPS) is 12.6. The molecule has 0 aliphatic heterocycles. The number of aryl methyl sites for hydroxylation is 1. The Bertz CT molecular complexity index is 552. The molecule has 2 aromatic rings. The van der Waals surface area contributed by atoms with Crippen molar-refractivity contribution in [2.24, 2.45) is 5.84 Å². The van der Waals surface area contributed by atoms with Crippen molar-refractivity contribution in [3.8, 4) is 0 Å². The van der Waals surface area contributed by atoms with E-state index in [0.29, 0.717) is 17.7 Å². The van der Waals surface area contributed by atoms with Crippen molar-refractivity contribution in [2.45, 2.75) is 25.9 Å². The van der Waals surface area contributed by atoms with Crippen molar-refractivity contribution in [3.63, 3.8) is 0 Å². The molecule has 102 valence electrons. The first-order chi connectivity index (χ1) is 9.13. The van der Waals surface area contributed by atoms with E-state index in [-0.39, 0.29) is 11.9 Å². The van der Waals surface area contributed by atoms with Crippen molar-refractivity contribution in [2.75, 3.05) is 5.73 Å². The summed E-state index contributed by atoms with van der Waals surface area (Å²) in [6.07, 6.45) is 4.33. The standard InChI is InChI=1S/C13H18FN5/c1-2-19-8-9(7-17-19)5-13(18-16)11-6-10(14)3-4-12(11)15/h3-4,6-8,13,18H,2,5,15-16H2,1H3. The van der Waals surface area contributed by atoms with Gasteiger partial charge < -0.3 is 5.73 Å². The highest BCUT2D eigenvalue weighted by molar-refractivity contribution is 5.48. The highest BCUT2D eigenvalue weighted by Gasteiger charge is 2.15. The molecule has 5 N–H and O–H groups in total. The molecule has 1 unspecified atom stereocenters. The monoisotopic (exact) mass is 263 g/mol. The van der Waals surface area contributed by atoms with Crippen molar-refractivity contribution in [1.29, 1.82) is 0 Å². The minimum Gasteiger partial charge on any atom is -0.398 e. The van der Waals surface area contributed by atoms with Crippen LogP contribution in [0.2, 0.25) is 0 Å². The molecule has 19 heavy (non-hydrogen) atoms. The Labute approximate surface area is 111 Å². The Morgan fingerprint density at radius 2 is 2.26 bits per heavy atom. The maximum atomic E-state index is 13.3. The molecular formula is C13H18FN5. The van der Waals surface area contributed by atoms with E-state index in [4.69, 9.17) is 11.6 Å². The molecule has 5 nitrogen and oxygen atoms in total. The highest BCUT2D eigenvalue weighted by atomic mass is 19.1. The van der Waals surface area contributed by atoms with Gasteiger partial charge in [0.25, 0.3) is 0 Å². The molecule has 0 amide bonds. The summed E-state index contributed by atoms with van der Waals surface area (Å²) in [6.45, 7) is 2.82. The van der Waals surface area contributed by atoms with Gasteiger partial charge in [-0.3, -0.25) is 16.0 Å². The molecule has 0 saturated heterocycles. The van der Waals surface area contributed by atoms with Crippen LogP contribution >= 0.6 is 0 Å². The second-order valence-corrected chi connectivity index (χ2v) is 4.40. The van der Waals surface area contributed by atoms with Crippen LogP contribution in [0.4, 0.5) is 10.1 Å². The number of hydrazine groups is 1. The number of anilines is 1. The lowest BCUT2D eigenvalue weighted by molar-refractivity contribution is 0.545. The second kappa shape index (κ2) is 5.81. The van der Waals surface area contributed by atoms with Crippen LogP contribution in [-0.4, -0.2) is 9.78 Å². The second-order valence-electron chi connectivity index (χ2n) is 4.40. The zero-order valence-corrected chi connectivity index (χ0v) is 10.8. The number of nitrogens with one attached hydrogen (secondary N) is 1. The average Bonchev–Trinajstić information content (AvgIpc) is 2.87. The van der Waals surface area contributed by atoms with E-state index in [2.05, 4.69) is 10.5 Å². The fourth-order valence-corrected chi connectivity index (χ4v) is 2.03. The molecule has 1 aromatic heterocycles. The van der Waals surface area contributed by atoms with E-state index in [1.807, 2.05) is 17.8 Å². The molecule has 0 fully saturated rings. The average molecular weight is 263 g/mol. The van der Waals surface area contributed by atoms with Crippen molar-refractivity contribution >= 4 is 5.69 Å². The van der Waals surface area contributed by atoms with Crippen molar-refractivity contribution < 1.29 is 4.39 Å². The van der Waals surface area contributed by atoms with Gasteiger partial charge in [-0.05, 0) is 42.7 Å². The number of hydrogen-bond acceptors (Lipinski definition) is 4. The van der Waals surface area contributed by atoms with E-state index in [1.54, 1.807) is 12.3 Å². The SMILES string of the molecule is CCn1cc(CC(NN)c2cc(F)ccc2N)cn1. The molecule has 0 bridgehead atoms. The Morgan fingerprint density at radius 3 is 2.89 bits per heavy atom. The number of benzene rings is 1. The van der Waals surface area contributed by atoms with Crippen LogP contribution in [0.3, 0.4) is 0 Å². The van der Waals surface area contributed by atoms with Crippen LogP contribution in [-0.2, 0) is 13.0 Å². The predicted molar refractivity (Wildman–Crippen MR) is 72.5 cm³/mol. The summed E-state index contributed by atoms with van der Waals surface area (Å²) in [4.78, 5) is 0. The number of nitrogen functional groups attached to an aromatic ring is 1. The van der Waals surface area contributed by atoms with Gasteiger partial charge in [0.05, 0.1) is 12.2 Å². The minimum absolute atomic E-state index is 0.245. The first-order valence-electron chi connectivity index (χ1n) is 6.16. The lowest BCUT2D eigenvalue weighted by atomic mass is 9.99. The van der Waals surface area contributed by atoms with Crippen LogP contribution in [0.5, 0.6) is 0 Å². The summed E-state index contributed by atoms with van der Waals surface area (Å²) in [6, 6.07) is 4.04. The van der Waals surface area contributed by atoms with Gasteiger partial charge in [-0.1, -0.05) is 0 Å². The van der Waals surface area contributed by atoms with E-state index < -0.39 is 0 Å². The lowest BCUT2D eigenvalue weighted by Gasteiger charge is -2.17. The quantitative estimate of drug-likeness (QED) is 0.432. The summed E-state index contributed by atoms with van der Waals surface area (Å²) in [7, 11) is 0. The fraction of sp³-hybridized carbons (Fsp3) is 0.308. The molecule has 1 aromatic carbocycles. The first-order valence-corrected chi connectivity index (χ1v) is 6.16. The van der Waals surface area contributed by atoms with Gasteiger partial charge >= 0.3 is 0 Å². The summed E-state index contributed by atoms with van der Waals surface area (Å²) in [5.41, 5.74) is 10.7. The van der Waals surface area contributed by atoms with E-state index >= 15 is 0 Å². The van der Waals surface area contributed by atoms with Gasteiger partial charge in [0.2, 0.25) is 0 Å². The number of aromatic nitrogens is 2. The van der Waals surface area contributed by atoms with Gasteiger partial charge in [-0.2, -0.15) is 5.10 Å². The minimum atomic E-state index is -0.325. The van der Waals surface area contributed by atoms with Gasteiger partial charge in [-0.15, -0.1) is 0 Å². The third kappa shape index (κ3) is 3.10. The summed E-state index contributed by atoms with van der Waals surface area (Å²) >= 11 is 0. The van der Waals surface area contributed by atoms with Crippen molar-refractivity contribution in [3.05, 3.63) is 47.5 Å². The van der Waals surface area contributed by atoms with E-state index in [0.717, 1.165) is 12.1 Å². The third-order valence-electron chi connectivity index (χ3n) is 3.08. The third-order valence-corrected chi connectivity index (χ3v) is 3.08. The number of halogens is 1. The largest absolute Gasteiger partial charge is 0.398 e. The summed E-state index contributed by atoms with van der Waals surface area (Å²) in [5, 5.41) is 4.20. The molecule has 0 aliphatic carbocycles. The Balaban J connectivity index is 2.22. The van der Waals surface area contributed by atoms with E-state index in [9.17, 15) is 4.39 Å². The Hall–Kier alpha value is -1.92. The maximum Gasteiger partial charge on any atom is 0.123 e. The van der Waals surface area contributed by atoms with Gasteiger partial charge in [0, 0.05) is 18.4 Å². The van der Waals surface area contributed by atoms with Crippen LogP contribution in [0, 0.1) is 5.82 Å². The Morgan fingerprint density at radius 1 is 1.47 bits per heavy atom. The van der Waals surface area contributed by atoms with Gasteiger partial charge in [-0.25, -0.2) is 4.39 Å². The molecule has 0 saturated carbocycles. The van der Waals surface area contributed by atoms with E-state index in [1.165, 1.54) is 12.1 Å². The number of nitrogens with two attached hydrogens (primary N) is 2. The number of rotatable bonds is 5. The van der Waals surface area contributed by atoms with Crippen molar-refractivity contribution in [1.82, 2.24) is 15.2 Å². The molecular weight excluding hydrogens is 245 g/mol. The Kier molecular flexibility index (Phi) is 4.13. The molecule has 1 heterocycles.